The lowest BCUT2D eigenvalue weighted by Gasteiger charge is -2.15. The Morgan fingerprint density at radius 3 is 0.833 bits per heavy atom. The lowest BCUT2D eigenvalue weighted by molar-refractivity contribution is 1.18. The second kappa shape index (κ2) is 14.4. The van der Waals surface area contributed by atoms with E-state index in [-0.39, 0.29) is 0 Å². The van der Waals surface area contributed by atoms with Gasteiger partial charge in [0, 0.05) is 32.9 Å². The Morgan fingerprint density at radius 2 is 0.485 bits per heavy atom. The zero-order valence-electron chi connectivity index (χ0n) is 36.0. The summed E-state index contributed by atoms with van der Waals surface area (Å²) in [6.45, 7) is 0. The number of hydrogen-bond acceptors (Lipinski definition) is 0. The molecule has 0 saturated heterocycles. The van der Waals surface area contributed by atoms with Crippen molar-refractivity contribution in [1.29, 1.82) is 0 Å². The van der Waals surface area contributed by atoms with Gasteiger partial charge < -0.3 is 9.13 Å². The van der Waals surface area contributed by atoms with E-state index in [1.165, 1.54) is 121 Å². The molecule has 14 rings (SSSR count). The number of hydrogen-bond donors (Lipinski definition) is 0. The second-order valence-electron chi connectivity index (χ2n) is 17.7. The molecule has 0 radical (unpaired) electrons. The summed E-state index contributed by atoms with van der Waals surface area (Å²) in [4.78, 5) is 0. The Kier molecular flexibility index (Phi) is 8.02. The number of nitrogens with zero attached hydrogens (tertiary/aromatic N) is 2. The van der Waals surface area contributed by atoms with Crippen molar-refractivity contribution in [2.45, 2.75) is 0 Å². The normalized spacial score (nSPS) is 11.9. The second-order valence-corrected chi connectivity index (χ2v) is 17.7. The van der Waals surface area contributed by atoms with Gasteiger partial charge in [-0.15, -0.1) is 0 Å². The summed E-state index contributed by atoms with van der Waals surface area (Å²) >= 11 is 0. The smallest absolute Gasteiger partial charge is 0.0553 e. The van der Waals surface area contributed by atoms with Crippen LogP contribution >= 0.6 is 0 Å². The summed E-state index contributed by atoms with van der Waals surface area (Å²) in [5, 5.41) is 10.2. The Balaban J connectivity index is 1.04. The number of aromatic nitrogens is 2. The molecular formula is C64H40N2. The van der Waals surface area contributed by atoms with Crippen LogP contribution in [-0.4, -0.2) is 9.13 Å². The highest BCUT2D eigenvalue weighted by atomic mass is 15.0. The van der Waals surface area contributed by atoms with Gasteiger partial charge in [-0.2, -0.15) is 0 Å². The third-order valence-corrected chi connectivity index (χ3v) is 13.9. The van der Waals surface area contributed by atoms with E-state index >= 15 is 0 Å². The molecule has 0 aliphatic rings. The quantitative estimate of drug-likeness (QED) is 0.142. The molecular weight excluding hydrogens is 797 g/mol. The maximum absolute atomic E-state index is 2.51. The van der Waals surface area contributed by atoms with Crippen molar-refractivity contribution < 1.29 is 0 Å². The van der Waals surface area contributed by atoms with Gasteiger partial charge >= 0.3 is 0 Å². The van der Waals surface area contributed by atoms with Crippen molar-refractivity contribution in [2.24, 2.45) is 0 Å². The lowest BCUT2D eigenvalue weighted by atomic mass is 9.94. The topological polar surface area (TPSA) is 9.86 Å². The van der Waals surface area contributed by atoms with Crippen molar-refractivity contribution >= 4 is 65.2 Å². The van der Waals surface area contributed by atoms with E-state index in [2.05, 4.69) is 252 Å². The van der Waals surface area contributed by atoms with Crippen LogP contribution in [0.1, 0.15) is 0 Å². The largest absolute Gasteiger partial charge is 0.309 e. The SMILES string of the molecule is c1ccc(-c2cc(-c3ccccc3)cc(-n3c4cccc5ccc6cc(-c7cc8ccc9cccc%10c9c8c(c7)n%10-c7cc(-c8ccccc8)cc(-c8ccccc8)c7)cc3c6c54)c2)cc1. The fourth-order valence-corrected chi connectivity index (χ4v) is 10.9. The first-order valence-corrected chi connectivity index (χ1v) is 22.8. The van der Waals surface area contributed by atoms with Crippen LogP contribution in [0.3, 0.4) is 0 Å². The van der Waals surface area contributed by atoms with E-state index in [1.54, 1.807) is 0 Å². The molecule has 2 aromatic heterocycles. The molecule has 14 aromatic rings. The van der Waals surface area contributed by atoms with E-state index in [0.717, 1.165) is 11.4 Å². The van der Waals surface area contributed by atoms with Gasteiger partial charge in [0.05, 0.1) is 22.1 Å². The zero-order chi connectivity index (χ0) is 43.3. The Bertz CT molecular complexity index is 3740. The molecule has 0 aliphatic carbocycles. The molecule has 0 amide bonds. The van der Waals surface area contributed by atoms with E-state index < -0.39 is 0 Å². The molecule has 2 nitrogen and oxygen atoms in total. The molecule has 306 valence electrons. The molecule has 0 N–H and O–H groups in total. The average molecular weight is 837 g/mol. The van der Waals surface area contributed by atoms with Gasteiger partial charge in [-0.1, -0.05) is 170 Å². The molecule has 0 saturated carbocycles. The van der Waals surface area contributed by atoms with Gasteiger partial charge in [-0.3, -0.25) is 0 Å². The molecule has 0 bridgehead atoms. The maximum Gasteiger partial charge on any atom is 0.0553 e. The summed E-state index contributed by atoms with van der Waals surface area (Å²) in [6.07, 6.45) is 0. The molecule has 0 unspecified atom stereocenters. The zero-order valence-corrected chi connectivity index (χ0v) is 36.0. The summed E-state index contributed by atoms with van der Waals surface area (Å²) in [6, 6.07) is 89.7. The molecule has 0 atom stereocenters. The highest BCUT2D eigenvalue weighted by Crippen LogP contribution is 2.46. The molecule has 2 heterocycles. The van der Waals surface area contributed by atoms with Crippen LogP contribution in [0.25, 0.3) is 132 Å². The van der Waals surface area contributed by atoms with Gasteiger partial charge in [0.1, 0.15) is 0 Å². The number of rotatable bonds is 7. The van der Waals surface area contributed by atoms with Crippen LogP contribution < -0.4 is 0 Å². The van der Waals surface area contributed by atoms with Crippen LogP contribution in [0.2, 0.25) is 0 Å². The first-order chi connectivity index (χ1) is 32.7. The predicted octanol–water partition coefficient (Wildman–Crippen LogP) is 17.4. The molecule has 0 spiro atoms. The Hall–Kier alpha value is -8.72. The highest BCUT2D eigenvalue weighted by molar-refractivity contribution is 6.27. The van der Waals surface area contributed by atoms with Gasteiger partial charge in [0.2, 0.25) is 0 Å². The summed E-state index contributed by atoms with van der Waals surface area (Å²) in [5.74, 6) is 0. The van der Waals surface area contributed by atoms with Crippen molar-refractivity contribution in [3.8, 4) is 67.0 Å². The third-order valence-electron chi connectivity index (χ3n) is 13.9. The fourth-order valence-electron chi connectivity index (χ4n) is 10.9. The van der Waals surface area contributed by atoms with Crippen molar-refractivity contribution in [2.75, 3.05) is 0 Å². The van der Waals surface area contributed by atoms with Gasteiger partial charge in [-0.05, 0) is 150 Å². The average Bonchev–Trinajstić information content (AvgIpc) is 3.92. The van der Waals surface area contributed by atoms with Gasteiger partial charge in [-0.25, -0.2) is 0 Å². The van der Waals surface area contributed by atoms with Crippen LogP contribution in [0.15, 0.2) is 243 Å². The summed E-state index contributed by atoms with van der Waals surface area (Å²) < 4.78 is 5.03. The predicted molar refractivity (Wildman–Crippen MR) is 280 cm³/mol. The minimum absolute atomic E-state index is 1.14. The van der Waals surface area contributed by atoms with E-state index in [1.807, 2.05) is 0 Å². The van der Waals surface area contributed by atoms with E-state index in [4.69, 9.17) is 0 Å². The van der Waals surface area contributed by atoms with Crippen molar-refractivity contribution in [1.82, 2.24) is 9.13 Å². The molecule has 0 fully saturated rings. The van der Waals surface area contributed by atoms with Crippen LogP contribution in [0.4, 0.5) is 0 Å². The fraction of sp³-hybridized carbons (Fsp3) is 0. The van der Waals surface area contributed by atoms with Crippen LogP contribution in [-0.2, 0) is 0 Å². The monoisotopic (exact) mass is 836 g/mol. The van der Waals surface area contributed by atoms with Crippen molar-refractivity contribution in [3.05, 3.63) is 243 Å². The lowest BCUT2D eigenvalue weighted by Crippen LogP contribution is -1.97. The Morgan fingerprint density at radius 1 is 0.182 bits per heavy atom. The van der Waals surface area contributed by atoms with Crippen molar-refractivity contribution in [3.63, 3.8) is 0 Å². The van der Waals surface area contributed by atoms with E-state index in [0.29, 0.717) is 0 Å². The summed E-state index contributed by atoms with van der Waals surface area (Å²) in [7, 11) is 0. The standard InChI is InChI=1S/C64H40N2/c1-5-15-41(16-6-1)49-33-50(42-17-7-2-8-18-42)36-55(35-49)65-57-25-13-23-45-27-29-47-31-53(39-59(65)63(47)61(45)57)54-32-48-30-28-46-24-14-26-58-62(46)64(48)60(40-54)66(58)56-37-51(43-19-9-3-10-20-43)34-52(38-56)44-21-11-4-12-22-44/h1-40H. The minimum atomic E-state index is 1.14. The number of benzene rings is 12. The van der Waals surface area contributed by atoms with Gasteiger partial charge in [0.25, 0.3) is 0 Å². The Labute approximate surface area is 382 Å². The molecule has 66 heavy (non-hydrogen) atoms. The third kappa shape index (κ3) is 5.68. The van der Waals surface area contributed by atoms with Crippen LogP contribution in [0, 0.1) is 0 Å². The highest BCUT2D eigenvalue weighted by Gasteiger charge is 2.22. The summed E-state index contributed by atoms with van der Waals surface area (Å²) in [5.41, 5.74) is 19.1. The minimum Gasteiger partial charge on any atom is -0.309 e. The molecule has 12 aromatic carbocycles. The first-order valence-electron chi connectivity index (χ1n) is 22.8. The molecule has 2 heteroatoms. The first kappa shape index (κ1) is 36.7. The maximum atomic E-state index is 2.51. The van der Waals surface area contributed by atoms with Gasteiger partial charge in [0.15, 0.2) is 0 Å². The van der Waals surface area contributed by atoms with Crippen LogP contribution in [0.5, 0.6) is 0 Å². The molecule has 0 aliphatic heterocycles. The van der Waals surface area contributed by atoms with E-state index in [9.17, 15) is 0 Å².